The van der Waals surface area contributed by atoms with Crippen molar-refractivity contribution in [1.29, 1.82) is 0 Å². The predicted molar refractivity (Wildman–Crippen MR) is 53.4 cm³/mol. The van der Waals surface area contributed by atoms with Crippen LogP contribution < -0.4 is 5.73 Å². The molecule has 0 spiro atoms. The van der Waals surface area contributed by atoms with Gasteiger partial charge in [-0.2, -0.15) is 0 Å². The van der Waals surface area contributed by atoms with Crippen LogP contribution in [-0.4, -0.2) is 10.5 Å². The van der Waals surface area contributed by atoms with Crippen molar-refractivity contribution in [3.05, 3.63) is 16.1 Å². The second kappa shape index (κ2) is 3.54. The molecule has 12 heavy (non-hydrogen) atoms. The van der Waals surface area contributed by atoms with Gasteiger partial charge in [0, 0.05) is 10.4 Å². The summed E-state index contributed by atoms with van der Waals surface area (Å²) in [6, 6.07) is 0. The lowest BCUT2D eigenvalue weighted by Crippen LogP contribution is -2.32. The number of rotatable bonds is 3. The van der Waals surface area contributed by atoms with E-state index in [0.29, 0.717) is 0 Å². The molecule has 2 N–H and O–H groups in total. The SMILES string of the molecule is Cc1ncsc1CCC(C)(C)N. The van der Waals surface area contributed by atoms with Crippen molar-refractivity contribution >= 4 is 11.3 Å². The van der Waals surface area contributed by atoms with Gasteiger partial charge in [0.05, 0.1) is 11.2 Å². The van der Waals surface area contributed by atoms with Gasteiger partial charge < -0.3 is 5.73 Å². The Labute approximate surface area is 77.8 Å². The molecule has 0 fully saturated rings. The van der Waals surface area contributed by atoms with Gasteiger partial charge in [-0.3, -0.25) is 0 Å². The van der Waals surface area contributed by atoms with Crippen LogP contribution in [-0.2, 0) is 6.42 Å². The molecule has 1 aromatic rings. The molecular weight excluding hydrogens is 168 g/mol. The van der Waals surface area contributed by atoms with Crippen molar-refractivity contribution in [1.82, 2.24) is 4.98 Å². The number of hydrogen-bond acceptors (Lipinski definition) is 3. The Morgan fingerprint density at radius 2 is 2.25 bits per heavy atom. The lowest BCUT2D eigenvalue weighted by atomic mass is 9.99. The van der Waals surface area contributed by atoms with E-state index in [9.17, 15) is 0 Å². The van der Waals surface area contributed by atoms with Crippen LogP contribution in [0.1, 0.15) is 30.8 Å². The van der Waals surface area contributed by atoms with Crippen molar-refractivity contribution in [2.45, 2.75) is 39.2 Å². The van der Waals surface area contributed by atoms with Gasteiger partial charge in [-0.05, 0) is 33.6 Å². The van der Waals surface area contributed by atoms with E-state index in [-0.39, 0.29) is 5.54 Å². The molecule has 0 radical (unpaired) electrons. The van der Waals surface area contributed by atoms with E-state index >= 15 is 0 Å². The number of aromatic nitrogens is 1. The topological polar surface area (TPSA) is 38.9 Å². The van der Waals surface area contributed by atoms with E-state index in [0.717, 1.165) is 18.5 Å². The summed E-state index contributed by atoms with van der Waals surface area (Å²) in [6.45, 7) is 6.17. The minimum Gasteiger partial charge on any atom is -0.326 e. The lowest BCUT2D eigenvalue weighted by Gasteiger charge is -2.17. The minimum absolute atomic E-state index is 0.0591. The molecule has 0 bridgehead atoms. The third kappa shape index (κ3) is 2.91. The fraction of sp³-hybridized carbons (Fsp3) is 0.667. The van der Waals surface area contributed by atoms with Crippen LogP contribution in [0.15, 0.2) is 5.51 Å². The fourth-order valence-corrected chi connectivity index (χ4v) is 1.78. The molecule has 0 amide bonds. The summed E-state index contributed by atoms with van der Waals surface area (Å²) >= 11 is 1.72. The molecule has 0 saturated carbocycles. The Hall–Kier alpha value is -0.410. The first kappa shape index (κ1) is 9.68. The average molecular weight is 184 g/mol. The molecule has 1 aromatic heterocycles. The molecule has 68 valence electrons. The van der Waals surface area contributed by atoms with Crippen molar-refractivity contribution in [3.63, 3.8) is 0 Å². The highest BCUT2D eigenvalue weighted by Gasteiger charge is 2.11. The molecule has 0 aliphatic heterocycles. The molecule has 0 unspecified atom stereocenters. The number of hydrogen-bond donors (Lipinski definition) is 1. The maximum absolute atomic E-state index is 5.89. The summed E-state index contributed by atoms with van der Waals surface area (Å²) in [5, 5.41) is 0. The monoisotopic (exact) mass is 184 g/mol. The zero-order chi connectivity index (χ0) is 9.19. The molecular formula is C9H16N2S. The second-order valence-corrected chi connectivity index (χ2v) is 4.79. The third-order valence-corrected chi connectivity index (χ3v) is 2.84. The Morgan fingerprint density at radius 3 is 2.67 bits per heavy atom. The summed E-state index contributed by atoms with van der Waals surface area (Å²) < 4.78 is 0. The molecule has 0 atom stereocenters. The van der Waals surface area contributed by atoms with Gasteiger partial charge in [-0.1, -0.05) is 0 Å². The van der Waals surface area contributed by atoms with Crippen molar-refractivity contribution in [2.24, 2.45) is 5.73 Å². The molecule has 1 rings (SSSR count). The lowest BCUT2D eigenvalue weighted by molar-refractivity contribution is 0.478. The van der Waals surface area contributed by atoms with Gasteiger partial charge in [-0.25, -0.2) is 4.98 Å². The molecule has 2 nitrogen and oxygen atoms in total. The highest BCUT2D eigenvalue weighted by atomic mass is 32.1. The molecule has 0 aromatic carbocycles. The minimum atomic E-state index is -0.0591. The number of nitrogens with two attached hydrogens (primary N) is 1. The van der Waals surface area contributed by atoms with Crippen LogP contribution in [0.3, 0.4) is 0 Å². The van der Waals surface area contributed by atoms with Crippen molar-refractivity contribution < 1.29 is 0 Å². The van der Waals surface area contributed by atoms with Gasteiger partial charge in [0.15, 0.2) is 0 Å². The second-order valence-electron chi connectivity index (χ2n) is 3.85. The summed E-state index contributed by atoms with van der Waals surface area (Å²) in [4.78, 5) is 5.56. The van der Waals surface area contributed by atoms with Gasteiger partial charge in [0.2, 0.25) is 0 Å². The molecule has 0 aliphatic rings. The van der Waals surface area contributed by atoms with E-state index in [4.69, 9.17) is 5.73 Å². The van der Waals surface area contributed by atoms with Crippen LogP contribution in [0.5, 0.6) is 0 Å². The number of nitrogens with zero attached hydrogens (tertiary/aromatic N) is 1. The summed E-state index contributed by atoms with van der Waals surface area (Å²) in [6.07, 6.45) is 2.08. The van der Waals surface area contributed by atoms with Crippen LogP contribution >= 0.6 is 11.3 Å². The normalized spacial score (nSPS) is 12.0. The van der Waals surface area contributed by atoms with Crippen LogP contribution in [0.25, 0.3) is 0 Å². The van der Waals surface area contributed by atoms with E-state index in [1.165, 1.54) is 4.88 Å². The van der Waals surface area contributed by atoms with Crippen LogP contribution in [0, 0.1) is 6.92 Å². The first-order valence-electron chi connectivity index (χ1n) is 4.17. The smallest absolute Gasteiger partial charge is 0.0797 e. The summed E-state index contributed by atoms with van der Waals surface area (Å²) in [5.74, 6) is 0. The molecule has 0 saturated heterocycles. The third-order valence-electron chi connectivity index (χ3n) is 1.84. The fourth-order valence-electron chi connectivity index (χ4n) is 1.00. The first-order chi connectivity index (χ1) is 5.49. The first-order valence-corrected chi connectivity index (χ1v) is 5.05. The van der Waals surface area contributed by atoms with E-state index in [2.05, 4.69) is 25.8 Å². The Kier molecular flexibility index (Phi) is 2.85. The van der Waals surface area contributed by atoms with Crippen molar-refractivity contribution in [2.75, 3.05) is 0 Å². The summed E-state index contributed by atoms with van der Waals surface area (Å²) in [5.41, 5.74) is 8.88. The maximum Gasteiger partial charge on any atom is 0.0797 e. The van der Waals surface area contributed by atoms with Gasteiger partial charge in [-0.15, -0.1) is 11.3 Å². The number of thiazole rings is 1. The van der Waals surface area contributed by atoms with Crippen molar-refractivity contribution in [3.8, 4) is 0 Å². The van der Waals surface area contributed by atoms with Gasteiger partial charge >= 0.3 is 0 Å². The molecule has 3 heteroatoms. The predicted octanol–water partition coefficient (Wildman–Crippen LogP) is 2.12. The van der Waals surface area contributed by atoms with E-state index in [1.807, 2.05) is 5.51 Å². The van der Waals surface area contributed by atoms with Crippen LogP contribution in [0.4, 0.5) is 0 Å². The average Bonchev–Trinajstić information content (AvgIpc) is 2.29. The Morgan fingerprint density at radius 1 is 1.58 bits per heavy atom. The molecule has 1 heterocycles. The highest BCUT2D eigenvalue weighted by Crippen LogP contribution is 2.17. The van der Waals surface area contributed by atoms with Gasteiger partial charge in [0.25, 0.3) is 0 Å². The van der Waals surface area contributed by atoms with E-state index < -0.39 is 0 Å². The summed E-state index contributed by atoms with van der Waals surface area (Å²) in [7, 11) is 0. The largest absolute Gasteiger partial charge is 0.326 e. The highest BCUT2D eigenvalue weighted by molar-refractivity contribution is 7.09. The maximum atomic E-state index is 5.89. The Balaban J connectivity index is 2.49. The zero-order valence-corrected chi connectivity index (χ0v) is 8.74. The zero-order valence-electron chi connectivity index (χ0n) is 7.92. The van der Waals surface area contributed by atoms with Gasteiger partial charge in [0.1, 0.15) is 0 Å². The van der Waals surface area contributed by atoms with Crippen LogP contribution in [0.2, 0.25) is 0 Å². The quantitative estimate of drug-likeness (QED) is 0.781. The number of aryl methyl sites for hydroxylation is 2. The van der Waals surface area contributed by atoms with E-state index in [1.54, 1.807) is 11.3 Å². The Bertz CT molecular complexity index is 247. The molecule has 0 aliphatic carbocycles. The standard InChI is InChI=1S/C9H16N2S/c1-7-8(12-6-11-7)4-5-9(2,3)10/h6H,4-5,10H2,1-3H3.